The van der Waals surface area contributed by atoms with Crippen LogP contribution in [0.1, 0.15) is 27.2 Å². The highest BCUT2D eigenvalue weighted by Crippen LogP contribution is 2.01. The number of hydrogen-bond donors (Lipinski definition) is 0. The van der Waals surface area contributed by atoms with Crippen molar-refractivity contribution in [1.29, 1.82) is 0 Å². The zero-order valence-corrected chi connectivity index (χ0v) is 9.30. The van der Waals surface area contributed by atoms with Crippen molar-refractivity contribution in [2.24, 2.45) is 0 Å². The SMILES string of the molecule is CCC(C)N(CC)CCN(C)C. The summed E-state index contributed by atoms with van der Waals surface area (Å²) in [4.78, 5) is 4.77. The van der Waals surface area contributed by atoms with Crippen molar-refractivity contribution in [2.75, 3.05) is 33.7 Å². The van der Waals surface area contributed by atoms with E-state index in [1.165, 1.54) is 19.5 Å². The molecule has 1 unspecified atom stereocenters. The molecule has 2 heteroatoms. The van der Waals surface area contributed by atoms with Crippen LogP contribution in [0.3, 0.4) is 0 Å². The second kappa shape index (κ2) is 6.44. The quantitative estimate of drug-likeness (QED) is 0.601. The Hall–Kier alpha value is -0.0800. The summed E-state index contributed by atoms with van der Waals surface area (Å²) < 4.78 is 0. The van der Waals surface area contributed by atoms with E-state index in [4.69, 9.17) is 0 Å². The molecule has 0 aromatic rings. The molecule has 0 fully saturated rings. The summed E-state index contributed by atoms with van der Waals surface area (Å²) in [6.07, 6.45) is 1.25. The van der Waals surface area contributed by atoms with Gasteiger partial charge in [0.05, 0.1) is 0 Å². The van der Waals surface area contributed by atoms with Crippen LogP contribution < -0.4 is 0 Å². The summed E-state index contributed by atoms with van der Waals surface area (Å²) in [5.41, 5.74) is 0. The lowest BCUT2D eigenvalue weighted by atomic mass is 10.2. The van der Waals surface area contributed by atoms with Crippen molar-refractivity contribution in [3.8, 4) is 0 Å². The van der Waals surface area contributed by atoms with Gasteiger partial charge in [-0.1, -0.05) is 13.8 Å². The number of nitrogens with zero attached hydrogens (tertiary/aromatic N) is 2. The first-order chi connectivity index (χ1) is 5.61. The molecule has 0 aliphatic rings. The Morgan fingerprint density at radius 1 is 1.08 bits per heavy atom. The van der Waals surface area contributed by atoms with E-state index in [0.717, 1.165) is 12.6 Å². The summed E-state index contributed by atoms with van der Waals surface area (Å²) in [7, 11) is 4.26. The topological polar surface area (TPSA) is 6.48 Å². The van der Waals surface area contributed by atoms with E-state index in [0.29, 0.717) is 0 Å². The van der Waals surface area contributed by atoms with Gasteiger partial charge in [-0.05, 0) is 34.0 Å². The zero-order chi connectivity index (χ0) is 9.56. The maximum atomic E-state index is 2.53. The minimum absolute atomic E-state index is 0.731. The zero-order valence-electron chi connectivity index (χ0n) is 9.30. The van der Waals surface area contributed by atoms with Crippen LogP contribution in [0.2, 0.25) is 0 Å². The van der Waals surface area contributed by atoms with E-state index in [2.05, 4.69) is 44.7 Å². The van der Waals surface area contributed by atoms with Crippen molar-refractivity contribution >= 4 is 0 Å². The second-order valence-electron chi connectivity index (χ2n) is 3.69. The molecule has 0 saturated carbocycles. The van der Waals surface area contributed by atoms with Crippen LogP contribution >= 0.6 is 0 Å². The maximum absolute atomic E-state index is 2.53. The summed E-state index contributed by atoms with van der Waals surface area (Å²) in [6.45, 7) is 10.3. The standard InChI is InChI=1S/C10H24N2/c1-6-10(3)12(7-2)9-8-11(4)5/h10H,6-9H2,1-5H3. The lowest BCUT2D eigenvalue weighted by Crippen LogP contribution is -2.37. The van der Waals surface area contributed by atoms with Crippen molar-refractivity contribution in [3.63, 3.8) is 0 Å². The van der Waals surface area contributed by atoms with Gasteiger partial charge in [-0.3, -0.25) is 4.90 Å². The van der Waals surface area contributed by atoms with E-state index < -0.39 is 0 Å². The van der Waals surface area contributed by atoms with E-state index in [-0.39, 0.29) is 0 Å². The first kappa shape index (κ1) is 11.9. The lowest BCUT2D eigenvalue weighted by Gasteiger charge is -2.28. The molecular formula is C10H24N2. The van der Waals surface area contributed by atoms with Crippen LogP contribution in [0.5, 0.6) is 0 Å². The molecule has 0 spiro atoms. The first-order valence-corrected chi connectivity index (χ1v) is 5.00. The normalized spacial score (nSPS) is 14.2. The largest absolute Gasteiger partial charge is 0.308 e. The van der Waals surface area contributed by atoms with Crippen molar-refractivity contribution < 1.29 is 0 Å². The minimum atomic E-state index is 0.731. The Labute approximate surface area is 77.5 Å². The van der Waals surface area contributed by atoms with Crippen LogP contribution in [0.15, 0.2) is 0 Å². The van der Waals surface area contributed by atoms with Gasteiger partial charge in [0.15, 0.2) is 0 Å². The average Bonchev–Trinajstić information content (AvgIpc) is 2.04. The second-order valence-corrected chi connectivity index (χ2v) is 3.69. The van der Waals surface area contributed by atoms with Gasteiger partial charge in [0.1, 0.15) is 0 Å². The maximum Gasteiger partial charge on any atom is 0.0112 e. The molecule has 0 heterocycles. The summed E-state index contributed by atoms with van der Waals surface area (Å²) in [5.74, 6) is 0. The smallest absolute Gasteiger partial charge is 0.0112 e. The molecule has 0 N–H and O–H groups in total. The van der Waals surface area contributed by atoms with E-state index >= 15 is 0 Å². The minimum Gasteiger partial charge on any atom is -0.308 e. The molecule has 0 bridgehead atoms. The highest BCUT2D eigenvalue weighted by Gasteiger charge is 2.08. The van der Waals surface area contributed by atoms with Crippen molar-refractivity contribution in [1.82, 2.24) is 9.80 Å². The van der Waals surface area contributed by atoms with E-state index in [1.54, 1.807) is 0 Å². The molecule has 0 rings (SSSR count). The van der Waals surface area contributed by atoms with Crippen LogP contribution in [-0.4, -0.2) is 49.6 Å². The summed E-state index contributed by atoms with van der Waals surface area (Å²) in [6, 6.07) is 0.731. The first-order valence-electron chi connectivity index (χ1n) is 5.00. The van der Waals surface area contributed by atoms with E-state index in [9.17, 15) is 0 Å². The van der Waals surface area contributed by atoms with Gasteiger partial charge in [0.25, 0.3) is 0 Å². The molecule has 2 nitrogen and oxygen atoms in total. The third-order valence-corrected chi connectivity index (χ3v) is 2.45. The lowest BCUT2D eigenvalue weighted by molar-refractivity contribution is 0.194. The number of hydrogen-bond acceptors (Lipinski definition) is 2. The fourth-order valence-electron chi connectivity index (χ4n) is 1.28. The Balaban J connectivity index is 3.67. The monoisotopic (exact) mass is 172 g/mol. The summed E-state index contributed by atoms with van der Waals surface area (Å²) in [5, 5.41) is 0. The predicted octanol–water partition coefficient (Wildman–Crippen LogP) is 1.67. The number of likely N-dealkylation sites (N-methyl/N-ethyl adjacent to an activating group) is 2. The molecule has 0 aliphatic heterocycles. The fourth-order valence-corrected chi connectivity index (χ4v) is 1.28. The molecule has 74 valence electrons. The van der Waals surface area contributed by atoms with Gasteiger partial charge < -0.3 is 4.90 Å². The van der Waals surface area contributed by atoms with Crippen LogP contribution in [0.4, 0.5) is 0 Å². The van der Waals surface area contributed by atoms with Gasteiger partial charge in [-0.25, -0.2) is 0 Å². The van der Waals surface area contributed by atoms with Crippen molar-refractivity contribution in [3.05, 3.63) is 0 Å². The van der Waals surface area contributed by atoms with Gasteiger partial charge >= 0.3 is 0 Å². The molecule has 0 aliphatic carbocycles. The Kier molecular flexibility index (Phi) is 6.39. The molecule has 0 aromatic carbocycles. The van der Waals surface area contributed by atoms with Gasteiger partial charge in [-0.15, -0.1) is 0 Å². The third-order valence-electron chi connectivity index (χ3n) is 2.45. The number of rotatable bonds is 6. The summed E-state index contributed by atoms with van der Waals surface area (Å²) >= 11 is 0. The molecule has 0 amide bonds. The third kappa shape index (κ3) is 4.73. The van der Waals surface area contributed by atoms with Gasteiger partial charge in [0.2, 0.25) is 0 Å². The molecule has 0 aromatic heterocycles. The van der Waals surface area contributed by atoms with Crippen LogP contribution in [0, 0.1) is 0 Å². The van der Waals surface area contributed by atoms with Gasteiger partial charge in [-0.2, -0.15) is 0 Å². The molecule has 0 saturated heterocycles. The Morgan fingerprint density at radius 3 is 2.00 bits per heavy atom. The Bertz CT molecular complexity index is 102. The molecule has 12 heavy (non-hydrogen) atoms. The highest BCUT2D eigenvalue weighted by atomic mass is 15.2. The van der Waals surface area contributed by atoms with Crippen molar-refractivity contribution in [2.45, 2.75) is 33.2 Å². The van der Waals surface area contributed by atoms with Gasteiger partial charge in [0, 0.05) is 19.1 Å². The van der Waals surface area contributed by atoms with Crippen LogP contribution in [0.25, 0.3) is 0 Å². The van der Waals surface area contributed by atoms with Crippen LogP contribution in [-0.2, 0) is 0 Å². The molecule has 1 atom stereocenters. The Morgan fingerprint density at radius 2 is 1.67 bits per heavy atom. The predicted molar refractivity (Wildman–Crippen MR) is 55.6 cm³/mol. The molecular weight excluding hydrogens is 148 g/mol. The molecule has 0 radical (unpaired) electrons. The average molecular weight is 172 g/mol. The fraction of sp³-hybridized carbons (Fsp3) is 1.00. The highest BCUT2D eigenvalue weighted by molar-refractivity contribution is 4.64. The van der Waals surface area contributed by atoms with E-state index in [1.807, 2.05) is 0 Å².